The van der Waals surface area contributed by atoms with Crippen LogP contribution in [0.25, 0.3) is 33.1 Å². The molecule has 0 aliphatic carbocycles. The molecule has 4 rings (SSSR count). The van der Waals surface area contributed by atoms with Gasteiger partial charge in [-0.1, -0.05) is 42.5 Å². The standard InChI is InChI=1S/C17H11N3/c1-3-7-15-12(5-1)9-10-16(19-15)14-11-18-20-17-8-4-2-6-13(14)17/h1-11H. The van der Waals surface area contributed by atoms with Gasteiger partial charge in [-0.25, -0.2) is 4.98 Å². The van der Waals surface area contributed by atoms with E-state index in [1.807, 2.05) is 42.5 Å². The lowest BCUT2D eigenvalue weighted by Gasteiger charge is -2.05. The van der Waals surface area contributed by atoms with Crippen LogP contribution in [-0.4, -0.2) is 15.2 Å². The first-order chi connectivity index (χ1) is 9.92. The molecule has 0 aliphatic heterocycles. The molecule has 0 bridgehead atoms. The van der Waals surface area contributed by atoms with Crippen LogP contribution in [0.2, 0.25) is 0 Å². The third-order valence-corrected chi connectivity index (χ3v) is 3.42. The molecule has 0 amide bonds. The summed E-state index contributed by atoms with van der Waals surface area (Å²) in [5, 5.41) is 10.4. The summed E-state index contributed by atoms with van der Waals surface area (Å²) in [6.07, 6.45) is 1.78. The van der Waals surface area contributed by atoms with Crippen LogP contribution in [0, 0.1) is 0 Å². The van der Waals surface area contributed by atoms with Gasteiger partial charge >= 0.3 is 0 Å². The molecule has 0 saturated carbocycles. The van der Waals surface area contributed by atoms with Crippen LogP contribution in [0.4, 0.5) is 0 Å². The molecule has 0 saturated heterocycles. The minimum atomic E-state index is 0.889. The third-order valence-electron chi connectivity index (χ3n) is 3.42. The first kappa shape index (κ1) is 11.1. The number of rotatable bonds is 1. The zero-order valence-electron chi connectivity index (χ0n) is 10.7. The highest BCUT2D eigenvalue weighted by atomic mass is 15.1. The summed E-state index contributed by atoms with van der Waals surface area (Å²) in [6, 6.07) is 20.2. The minimum absolute atomic E-state index is 0.889. The Morgan fingerprint density at radius 2 is 1.50 bits per heavy atom. The quantitative estimate of drug-likeness (QED) is 0.520. The number of nitrogens with zero attached hydrogens (tertiary/aromatic N) is 3. The molecule has 3 nitrogen and oxygen atoms in total. The van der Waals surface area contributed by atoms with E-state index < -0.39 is 0 Å². The fraction of sp³-hybridized carbons (Fsp3) is 0. The number of fused-ring (bicyclic) bond motifs is 2. The van der Waals surface area contributed by atoms with Crippen molar-refractivity contribution in [2.24, 2.45) is 0 Å². The topological polar surface area (TPSA) is 38.7 Å². The predicted molar refractivity (Wildman–Crippen MR) is 80.3 cm³/mol. The highest BCUT2D eigenvalue weighted by Crippen LogP contribution is 2.26. The van der Waals surface area contributed by atoms with Gasteiger partial charge in [0.25, 0.3) is 0 Å². The lowest BCUT2D eigenvalue weighted by atomic mass is 10.1. The van der Waals surface area contributed by atoms with Gasteiger partial charge in [-0.3, -0.25) is 0 Å². The molecular formula is C17H11N3. The Hall–Kier alpha value is -2.81. The second-order valence-corrected chi connectivity index (χ2v) is 4.66. The fourth-order valence-electron chi connectivity index (χ4n) is 2.43. The SMILES string of the molecule is c1ccc2nc(-c3cnnc4ccccc34)ccc2c1. The first-order valence-electron chi connectivity index (χ1n) is 6.48. The van der Waals surface area contributed by atoms with E-state index in [0.717, 1.165) is 33.1 Å². The van der Waals surface area contributed by atoms with Gasteiger partial charge in [-0.05, 0) is 18.2 Å². The van der Waals surface area contributed by atoms with E-state index in [-0.39, 0.29) is 0 Å². The molecule has 0 N–H and O–H groups in total. The Bertz CT molecular complexity index is 910. The van der Waals surface area contributed by atoms with Gasteiger partial charge in [0, 0.05) is 16.3 Å². The zero-order chi connectivity index (χ0) is 13.4. The van der Waals surface area contributed by atoms with Crippen LogP contribution in [0.5, 0.6) is 0 Å². The molecule has 0 atom stereocenters. The molecule has 0 aliphatic rings. The lowest BCUT2D eigenvalue weighted by molar-refractivity contribution is 1.08. The average molecular weight is 257 g/mol. The van der Waals surface area contributed by atoms with Gasteiger partial charge in [0.15, 0.2) is 0 Å². The van der Waals surface area contributed by atoms with Crippen molar-refractivity contribution in [2.75, 3.05) is 0 Å². The van der Waals surface area contributed by atoms with E-state index >= 15 is 0 Å². The number of hydrogen-bond acceptors (Lipinski definition) is 3. The van der Waals surface area contributed by atoms with Crippen molar-refractivity contribution in [3.8, 4) is 11.3 Å². The Morgan fingerprint density at radius 3 is 2.45 bits per heavy atom. The van der Waals surface area contributed by atoms with E-state index in [1.165, 1.54) is 0 Å². The Labute approximate surface area is 115 Å². The summed E-state index contributed by atoms with van der Waals surface area (Å²) in [7, 11) is 0. The summed E-state index contributed by atoms with van der Waals surface area (Å²) in [5.74, 6) is 0. The van der Waals surface area contributed by atoms with Gasteiger partial charge in [-0.15, -0.1) is 0 Å². The number of aromatic nitrogens is 3. The Balaban J connectivity index is 2.01. The zero-order valence-corrected chi connectivity index (χ0v) is 10.7. The molecule has 2 heterocycles. The smallest absolute Gasteiger partial charge is 0.0936 e. The Kier molecular flexibility index (Phi) is 2.42. The maximum atomic E-state index is 4.73. The summed E-state index contributed by atoms with van der Waals surface area (Å²) in [4.78, 5) is 4.73. The van der Waals surface area contributed by atoms with Crippen LogP contribution in [0.1, 0.15) is 0 Å². The van der Waals surface area contributed by atoms with Gasteiger partial charge in [0.2, 0.25) is 0 Å². The average Bonchev–Trinajstić information content (AvgIpc) is 2.54. The van der Waals surface area contributed by atoms with Gasteiger partial charge in [0.1, 0.15) is 0 Å². The maximum absolute atomic E-state index is 4.73. The maximum Gasteiger partial charge on any atom is 0.0936 e. The van der Waals surface area contributed by atoms with Crippen LogP contribution in [0.3, 0.4) is 0 Å². The Morgan fingerprint density at radius 1 is 0.700 bits per heavy atom. The summed E-state index contributed by atoms with van der Waals surface area (Å²) in [6.45, 7) is 0. The summed E-state index contributed by atoms with van der Waals surface area (Å²) < 4.78 is 0. The highest BCUT2D eigenvalue weighted by Gasteiger charge is 2.07. The van der Waals surface area contributed by atoms with Crippen molar-refractivity contribution < 1.29 is 0 Å². The predicted octanol–water partition coefficient (Wildman–Crippen LogP) is 3.85. The summed E-state index contributed by atoms with van der Waals surface area (Å²) >= 11 is 0. The van der Waals surface area contributed by atoms with E-state index in [2.05, 4.69) is 28.4 Å². The number of pyridine rings is 1. The fourth-order valence-corrected chi connectivity index (χ4v) is 2.43. The van der Waals surface area contributed by atoms with Crippen molar-refractivity contribution in [1.82, 2.24) is 15.2 Å². The third kappa shape index (κ3) is 1.72. The van der Waals surface area contributed by atoms with E-state index in [4.69, 9.17) is 4.98 Å². The molecule has 20 heavy (non-hydrogen) atoms. The van der Waals surface area contributed by atoms with E-state index in [0.29, 0.717) is 0 Å². The van der Waals surface area contributed by atoms with Gasteiger partial charge in [-0.2, -0.15) is 10.2 Å². The molecule has 94 valence electrons. The molecular weight excluding hydrogens is 246 g/mol. The molecule has 0 unspecified atom stereocenters. The van der Waals surface area contributed by atoms with Crippen molar-refractivity contribution in [2.45, 2.75) is 0 Å². The number of para-hydroxylation sites is 1. The minimum Gasteiger partial charge on any atom is -0.248 e. The molecule has 3 heteroatoms. The molecule has 0 spiro atoms. The van der Waals surface area contributed by atoms with Crippen molar-refractivity contribution >= 4 is 21.8 Å². The van der Waals surface area contributed by atoms with Crippen LogP contribution in [-0.2, 0) is 0 Å². The van der Waals surface area contributed by atoms with E-state index in [1.54, 1.807) is 6.20 Å². The van der Waals surface area contributed by atoms with Crippen LogP contribution < -0.4 is 0 Å². The lowest BCUT2D eigenvalue weighted by Crippen LogP contribution is -1.90. The molecule has 2 aromatic carbocycles. The second-order valence-electron chi connectivity index (χ2n) is 4.66. The molecule has 0 radical (unpaired) electrons. The highest BCUT2D eigenvalue weighted by molar-refractivity contribution is 5.94. The van der Waals surface area contributed by atoms with Crippen molar-refractivity contribution in [3.63, 3.8) is 0 Å². The first-order valence-corrected chi connectivity index (χ1v) is 6.48. The number of hydrogen-bond donors (Lipinski definition) is 0. The molecule has 2 aromatic heterocycles. The van der Waals surface area contributed by atoms with Crippen LogP contribution in [0.15, 0.2) is 66.9 Å². The van der Waals surface area contributed by atoms with Crippen molar-refractivity contribution in [3.05, 3.63) is 66.9 Å². The summed E-state index contributed by atoms with van der Waals surface area (Å²) in [5.41, 5.74) is 3.82. The monoisotopic (exact) mass is 257 g/mol. The van der Waals surface area contributed by atoms with Crippen LogP contribution >= 0.6 is 0 Å². The molecule has 0 fully saturated rings. The normalized spacial score (nSPS) is 11.0. The van der Waals surface area contributed by atoms with E-state index in [9.17, 15) is 0 Å². The molecule has 4 aromatic rings. The van der Waals surface area contributed by atoms with Crippen molar-refractivity contribution in [1.29, 1.82) is 0 Å². The largest absolute Gasteiger partial charge is 0.248 e. The number of benzene rings is 2. The second kappa shape index (κ2) is 4.38. The van der Waals surface area contributed by atoms with Gasteiger partial charge < -0.3 is 0 Å². The van der Waals surface area contributed by atoms with Gasteiger partial charge in [0.05, 0.1) is 22.9 Å².